The van der Waals surface area contributed by atoms with Gasteiger partial charge in [0.15, 0.2) is 0 Å². The molecule has 3 rings (SSSR count). The SMILES string of the molecule is N[C@@H](Cc1ccc(O)cc1)C(=O)[O-].N[C@@H](Cc1ccc(O)cc1)C(=O)[O-].N[C@@H](Cc1ccc(O)cc1)C(=O)[O-].[Cr+3]. The normalized spacial score (nSPS) is 12.1. The van der Waals surface area contributed by atoms with Crippen molar-refractivity contribution in [1.82, 2.24) is 0 Å². The Bertz CT molecular complexity index is 1040. The molecule has 3 aromatic rings. The molecule has 0 unspecified atom stereocenters. The maximum atomic E-state index is 10.3. The fourth-order valence-electron chi connectivity index (χ4n) is 2.91. The number of benzene rings is 3. The third kappa shape index (κ3) is 14.7. The van der Waals surface area contributed by atoms with Crippen LogP contribution in [0.25, 0.3) is 0 Å². The van der Waals surface area contributed by atoms with Crippen LogP contribution in [0.5, 0.6) is 17.2 Å². The van der Waals surface area contributed by atoms with Gasteiger partial charge >= 0.3 is 17.4 Å². The molecule has 40 heavy (non-hydrogen) atoms. The van der Waals surface area contributed by atoms with E-state index in [9.17, 15) is 29.7 Å². The summed E-state index contributed by atoms with van der Waals surface area (Å²) in [6, 6.07) is 15.7. The number of carboxylic acids is 3. The third-order valence-corrected chi connectivity index (χ3v) is 5.08. The molecule has 0 aliphatic heterocycles. The van der Waals surface area contributed by atoms with Crippen LogP contribution >= 0.6 is 0 Å². The number of carbonyl (C=O) groups excluding carboxylic acids is 3. The van der Waals surface area contributed by atoms with Gasteiger partial charge in [0.2, 0.25) is 0 Å². The molecular formula is C27H30CrN3O9. The van der Waals surface area contributed by atoms with E-state index in [4.69, 9.17) is 32.5 Å². The van der Waals surface area contributed by atoms with Crippen LogP contribution in [0.3, 0.4) is 0 Å². The van der Waals surface area contributed by atoms with Crippen LogP contribution in [0.2, 0.25) is 0 Å². The van der Waals surface area contributed by atoms with Crippen LogP contribution in [0.1, 0.15) is 16.7 Å². The standard InChI is InChI=1S/3C9H11NO3.Cr/c3*10-8(9(12)13)5-6-1-3-7(11)4-2-6;/h3*1-4,8,11H,5,10H2,(H,12,13);/q;;;+3/p-3/t3*8-;/m000./s1. The average Bonchev–Trinajstić information content (AvgIpc) is 2.88. The molecule has 0 bridgehead atoms. The molecule has 0 saturated carbocycles. The molecule has 213 valence electrons. The van der Waals surface area contributed by atoms with E-state index in [1.165, 1.54) is 36.4 Å². The molecule has 0 aliphatic carbocycles. The number of aromatic hydroxyl groups is 3. The van der Waals surface area contributed by atoms with Crippen LogP contribution < -0.4 is 32.5 Å². The van der Waals surface area contributed by atoms with Crippen molar-refractivity contribution in [1.29, 1.82) is 0 Å². The smallest absolute Gasteiger partial charge is 0.548 e. The third-order valence-electron chi connectivity index (χ3n) is 5.08. The van der Waals surface area contributed by atoms with Crippen molar-refractivity contribution >= 4 is 17.9 Å². The number of phenols is 3. The first-order chi connectivity index (χ1) is 18.3. The first kappa shape index (κ1) is 35.9. The second-order valence-electron chi connectivity index (χ2n) is 8.39. The fraction of sp³-hybridized carbons (Fsp3) is 0.222. The number of phenolic OH excluding ortho intramolecular Hbond substituents is 3. The molecule has 0 fully saturated rings. The van der Waals surface area contributed by atoms with Gasteiger partial charge in [0, 0.05) is 18.1 Å². The zero-order valence-corrected chi connectivity index (χ0v) is 22.5. The van der Waals surface area contributed by atoms with Gasteiger partial charge in [0.1, 0.15) is 17.2 Å². The number of hydrogen-bond donors (Lipinski definition) is 6. The molecule has 12 nitrogen and oxygen atoms in total. The summed E-state index contributed by atoms with van der Waals surface area (Å²) in [6.45, 7) is 0. The van der Waals surface area contributed by atoms with Crippen molar-refractivity contribution < 1.29 is 62.4 Å². The number of nitrogens with two attached hydrogens (primary N) is 3. The Balaban J connectivity index is 0.000000563. The van der Waals surface area contributed by atoms with Gasteiger partial charge in [0.05, 0.1) is 17.9 Å². The Morgan fingerprint density at radius 1 is 0.500 bits per heavy atom. The number of carbonyl (C=O) groups is 3. The summed E-state index contributed by atoms with van der Waals surface area (Å²) in [5, 5.41) is 57.7. The van der Waals surface area contributed by atoms with Crippen LogP contribution in [-0.4, -0.2) is 51.4 Å². The maximum absolute atomic E-state index is 10.3. The summed E-state index contributed by atoms with van der Waals surface area (Å²) < 4.78 is 0. The van der Waals surface area contributed by atoms with Crippen molar-refractivity contribution in [3.8, 4) is 17.2 Å². The summed E-state index contributed by atoms with van der Waals surface area (Å²) in [5.41, 5.74) is 18.1. The molecule has 0 heterocycles. The summed E-state index contributed by atoms with van der Waals surface area (Å²) in [7, 11) is 0. The van der Waals surface area contributed by atoms with Crippen molar-refractivity contribution in [3.63, 3.8) is 0 Å². The first-order valence-electron chi connectivity index (χ1n) is 11.5. The quantitative estimate of drug-likeness (QED) is 0.146. The van der Waals surface area contributed by atoms with Gasteiger partial charge in [-0.05, 0) is 72.4 Å². The van der Waals surface area contributed by atoms with E-state index in [-0.39, 0.29) is 53.9 Å². The van der Waals surface area contributed by atoms with E-state index in [2.05, 4.69) is 0 Å². The average molecular weight is 593 g/mol. The Morgan fingerprint density at radius 3 is 0.825 bits per heavy atom. The molecule has 3 aromatic carbocycles. The summed E-state index contributed by atoms with van der Waals surface area (Å²) in [5.74, 6) is -3.38. The largest absolute Gasteiger partial charge is 3.00 e. The van der Waals surface area contributed by atoms with Crippen LogP contribution in [0.4, 0.5) is 0 Å². The minimum Gasteiger partial charge on any atom is -0.548 e. The zero-order chi connectivity index (χ0) is 29.5. The van der Waals surface area contributed by atoms with Gasteiger partial charge in [-0.15, -0.1) is 0 Å². The molecule has 0 spiro atoms. The predicted octanol–water partition coefficient (Wildman–Crippen LogP) is -2.97. The van der Waals surface area contributed by atoms with E-state index in [1.807, 2.05) is 0 Å². The Hall–Kier alpha value is -4.12. The minimum atomic E-state index is -1.27. The van der Waals surface area contributed by atoms with E-state index >= 15 is 0 Å². The molecule has 0 aliphatic rings. The molecule has 0 amide bonds. The molecule has 13 heteroatoms. The van der Waals surface area contributed by atoms with Gasteiger partial charge in [-0.25, -0.2) is 0 Å². The second-order valence-corrected chi connectivity index (χ2v) is 8.39. The van der Waals surface area contributed by atoms with Gasteiger partial charge in [-0.1, -0.05) is 36.4 Å². The van der Waals surface area contributed by atoms with E-state index in [1.54, 1.807) is 36.4 Å². The first-order valence-corrected chi connectivity index (χ1v) is 11.5. The van der Waals surface area contributed by atoms with Crippen LogP contribution in [0, 0.1) is 0 Å². The minimum absolute atomic E-state index is 0. The van der Waals surface area contributed by atoms with Crippen molar-refractivity contribution in [2.45, 2.75) is 37.4 Å². The Morgan fingerprint density at radius 2 is 0.675 bits per heavy atom. The van der Waals surface area contributed by atoms with Gasteiger partial charge < -0.3 is 62.2 Å². The van der Waals surface area contributed by atoms with Gasteiger partial charge in [-0.2, -0.15) is 0 Å². The molecule has 3 atom stereocenters. The summed E-state index contributed by atoms with van der Waals surface area (Å²) >= 11 is 0. The monoisotopic (exact) mass is 592 g/mol. The van der Waals surface area contributed by atoms with Gasteiger partial charge in [0.25, 0.3) is 0 Å². The molecule has 0 aromatic heterocycles. The zero-order valence-electron chi connectivity index (χ0n) is 21.2. The topological polar surface area (TPSA) is 259 Å². The fourth-order valence-corrected chi connectivity index (χ4v) is 2.91. The maximum Gasteiger partial charge on any atom is 3.00 e. The second kappa shape index (κ2) is 18.2. The number of carboxylic acid groups (broad SMARTS) is 3. The van der Waals surface area contributed by atoms with E-state index in [0.29, 0.717) is 0 Å². The van der Waals surface area contributed by atoms with Crippen LogP contribution in [0.15, 0.2) is 72.8 Å². The molecular weight excluding hydrogens is 562 g/mol. The van der Waals surface area contributed by atoms with Crippen molar-refractivity contribution in [2.24, 2.45) is 17.2 Å². The number of rotatable bonds is 9. The summed E-state index contributed by atoms with van der Waals surface area (Å²) in [6.07, 6.45) is 0.633. The number of aliphatic carboxylic acids is 3. The van der Waals surface area contributed by atoms with Crippen molar-refractivity contribution in [3.05, 3.63) is 89.5 Å². The van der Waals surface area contributed by atoms with Crippen LogP contribution in [-0.2, 0) is 51.0 Å². The Labute approximate surface area is 241 Å². The molecule has 9 N–H and O–H groups in total. The number of hydrogen-bond acceptors (Lipinski definition) is 12. The van der Waals surface area contributed by atoms with Crippen molar-refractivity contribution in [2.75, 3.05) is 0 Å². The van der Waals surface area contributed by atoms with Gasteiger partial charge in [-0.3, -0.25) is 0 Å². The molecule has 0 saturated heterocycles. The summed E-state index contributed by atoms with van der Waals surface area (Å²) in [4.78, 5) is 30.9. The predicted molar refractivity (Wildman–Crippen MR) is 134 cm³/mol. The van der Waals surface area contributed by atoms with E-state index in [0.717, 1.165) is 16.7 Å². The van der Waals surface area contributed by atoms with E-state index < -0.39 is 36.0 Å². The molecule has 1 radical (unpaired) electrons. The Kier molecular flexibility index (Phi) is 16.3.